The summed E-state index contributed by atoms with van der Waals surface area (Å²) in [5.74, 6) is 0.549. The number of nitrogens with one attached hydrogen (secondary N) is 1. The van der Waals surface area contributed by atoms with Gasteiger partial charge < -0.3 is 19.9 Å². The number of hydrogen-bond donors (Lipinski definition) is 2. The largest absolute Gasteiger partial charge is 0.368 e. The van der Waals surface area contributed by atoms with Gasteiger partial charge in [0.05, 0.1) is 12.3 Å². The molecule has 0 aromatic carbocycles. The number of piperazine rings is 1. The molecule has 2 aliphatic rings. The number of ether oxygens (including phenoxy) is 1. The van der Waals surface area contributed by atoms with Crippen LogP contribution in [0.25, 0.3) is 0 Å². The number of nitrogens with two attached hydrogens (primary N) is 1. The van der Waals surface area contributed by atoms with E-state index in [9.17, 15) is 13.2 Å². The van der Waals surface area contributed by atoms with E-state index >= 15 is 0 Å². The van der Waals surface area contributed by atoms with Gasteiger partial charge in [-0.15, -0.1) is 0 Å². The van der Waals surface area contributed by atoms with Crippen LogP contribution in [0.1, 0.15) is 19.8 Å². The highest BCUT2D eigenvalue weighted by Gasteiger charge is 2.30. The minimum atomic E-state index is -3.52. The molecule has 2 saturated heterocycles. The number of aliphatic imine (C=N–C) groups is 1. The molecule has 2 aliphatic heterocycles. The number of carbonyl (C=O) groups excluding carboxylic acids is 1. The Labute approximate surface area is 143 Å². The minimum Gasteiger partial charge on any atom is -0.368 e. The number of amides is 1. The summed E-state index contributed by atoms with van der Waals surface area (Å²) in [7, 11) is -3.52. The lowest BCUT2D eigenvalue weighted by Crippen LogP contribution is -2.55. The fourth-order valence-electron chi connectivity index (χ4n) is 2.82. The van der Waals surface area contributed by atoms with E-state index in [-0.39, 0.29) is 24.3 Å². The van der Waals surface area contributed by atoms with Crippen molar-refractivity contribution in [1.29, 1.82) is 0 Å². The molecule has 0 radical (unpaired) electrons. The third-order valence-corrected chi connectivity index (χ3v) is 4.82. The van der Waals surface area contributed by atoms with Gasteiger partial charge in [-0.2, -0.15) is 0 Å². The lowest BCUT2D eigenvalue weighted by molar-refractivity contribution is -0.142. The third-order valence-electron chi connectivity index (χ3n) is 4.07. The number of guanidine groups is 1. The Morgan fingerprint density at radius 3 is 2.50 bits per heavy atom. The molecule has 0 spiro atoms. The summed E-state index contributed by atoms with van der Waals surface area (Å²) in [6.45, 7) is 5.94. The van der Waals surface area contributed by atoms with Crippen LogP contribution in [0, 0.1) is 0 Å². The molecule has 0 aromatic heterocycles. The van der Waals surface area contributed by atoms with Gasteiger partial charge in [-0.25, -0.2) is 13.6 Å². The number of carbonyl (C=O) groups is 1. The maximum atomic E-state index is 12.3. The lowest BCUT2D eigenvalue weighted by atomic mass is 10.2. The third kappa shape index (κ3) is 5.60. The molecule has 1 atom stereocenters. The Kier molecular flexibility index (Phi) is 6.81. The summed E-state index contributed by atoms with van der Waals surface area (Å²) in [4.78, 5) is 20.5. The highest BCUT2D eigenvalue weighted by Crippen LogP contribution is 2.16. The molecule has 2 heterocycles. The first kappa shape index (κ1) is 18.9. The maximum Gasteiger partial charge on any atom is 0.251 e. The molecule has 9 nitrogen and oxygen atoms in total. The summed E-state index contributed by atoms with van der Waals surface area (Å²) in [5.41, 5.74) is 0. The van der Waals surface area contributed by atoms with Crippen molar-refractivity contribution in [2.45, 2.75) is 25.9 Å². The van der Waals surface area contributed by atoms with E-state index in [1.54, 1.807) is 0 Å². The van der Waals surface area contributed by atoms with E-state index < -0.39 is 10.0 Å². The quantitative estimate of drug-likeness (QED) is 0.458. The van der Waals surface area contributed by atoms with Gasteiger partial charge in [0.15, 0.2) is 5.96 Å². The van der Waals surface area contributed by atoms with Gasteiger partial charge >= 0.3 is 0 Å². The van der Waals surface area contributed by atoms with Gasteiger partial charge in [0.2, 0.25) is 10.0 Å². The van der Waals surface area contributed by atoms with Crippen LogP contribution in [0.4, 0.5) is 0 Å². The topological polar surface area (TPSA) is 117 Å². The number of sulfonamides is 1. The molecule has 0 aliphatic carbocycles. The van der Waals surface area contributed by atoms with Gasteiger partial charge in [-0.05, 0) is 19.8 Å². The molecule has 0 aromatic rings. The average Bonchev–Trinajstić information content (AvgIpc) is 3.07. The molecule has 1 unspecified atom stereocenters. The van der Waals surface area contributed by atoms with Crippen molar-refractivity contribution in [3.8, 4) is 0 Å². The molecular weight excluding hydrogens is 334 g/mol. The normalized spacial score (nSPS) is 22.8. The highest BCUT2D eigenvalue weighted by molar-refractivity contribution is 7.89. The molecule has 2 rings (SSSR count). The predicted molar refractivity (Wildman–Crippen MR) is 91.1 cm³/mol. The Bertz CT molecular complexity index is 552. The highest BCUT2D eigenvalue weighted by atomic mass is 32.2. The first-order valence-electron chi connectivity index (χ1n) is 8.35. The van der Waals surface area contributed by atoms with Crippen LogP contribution in [0.2, 0.25) is 0 Å². The van der Waals surface area contributed by atoms with Crippen molar-refractivity contribution in [3.63, 3.8) is 0 Å². The first-order valence-corrected chi connectivity index (χ1v) is 10.1. The SMILES string of the molecule is CCNC(=NCCS(N)(=O)=O)N1CCN(C(=O)C2CCCO2)CC1. The van der Waals surface area contributed by atoms with E-state index in [1.807, 2.05) is 16.7 Å². The van der Waals surface area contributed by atoms with Crippen LogP contribution in [0.5, 0.6) is 0 Å². The van der Waals surface area contributed by atoms with Gasteiger partial charge in [0.1, 0.15) is 6.10 Å². The first-order chi connectivity index (χ1) is 11.4. The molecule has 2 fully saturated rings. The van der Waals surface area contributed by atoms with Crippen molar-refractivity contribution in [1.82, 2.24) is 15.1 Å². The van der Waals surface area contributed by atoms with Crippen LogP contribution in [-0.4, -0.2) is 87.8 Å². The summed E-state index contributed by atoms with van der Waals surface area (Å²) in [6.07, 6.45) is 1.46. The maximum absolute atomic E-state index is 12.3. The van der Waals surface area contributed by atoms with Crippen molar-refractivity contribution in [3.05, 3.63) is 0 Å². The monoisotopic (exact) mass is 361 g/mol. The average molecular weight is 361 g/mol. The van der Waals surface area contributed by atoms with Crippen LogP contribution in [0.3, 0.4) is 0 Å². The fourth-order valence-corrected chi connectivity index (χ4v) is 3.17. The van der Waals surface area contributed by atoms with E-state index in [0.29, 0.717) is 45.3 Å². The molecule has 10 heteroatoms. The van der Waals surface area contributed by atoms with Crippen molar-refractivity contribution in [2.24, 2.45) is 10.1 Å². The Morgan fingerprint density at radius 2 is 1.96 bits per heavy atom. The summed E-state index contributed by atoms with van der Waals surface area (Å²) in [5, 5.41) is 8.15. The van der Waals surface area contributed by atoms with E-state index in [0.717, 1.165) is 12.8 Å². The number of rotatable bonds is 5. The van der Waals surface area contributed by atoms with E-state index in [1.165, 1.54) is 0 Å². The zero-order chi connectivity index (χ0) is 17.6. The Balaban J connectivity index is 1.87. The second-order valence-electron chi connectivity index (χ2n) is 5.92. The smallest absolute Gasteiger partial charge is 0.251 e. The predicted octanol–water partition coefficient (Wildman–Crippen LogP) is -1.44. The fraction of sp³-hybridized carbons (Fsp3) is 0.857. The van der Waals surface area contributed by atoms with Gasteiger partial charge in [0, 0.05) is 39.3 Å². The second kappa shape index (κ2) is 8.63. The van der Waals surface area contributed by atoms with Gasteiger partial charge in [-0.3, -0.25) is 9.79 Å². The summed E-state index contributed by atoms with van der Waals surface area (Å²) >= 11 is 0. The zero-order valence-electron chi connectivity index (χ0n) is 14.1. The number of primary sulfonamides is 1. The molecular formula is C14H27N5O4S. The Morgan fingerprint density at radius 1 is 1.29 bits per heavy atom. The van der Waals surface area contributed by atoms with Crippen LogP contribution in [-0.2, 0) is 19.6 Å². The van der Waals surface area contributed by atoms with Crippen LogP contribution >= 0.6 is 0 Å². The van der Waals surface area contributed by atoms with Crippen LogP contribution in [0.15, 0.2) is 4.99 Å². The lowest BCUT2D eigenvalue weighted by Gasteiger charge is -2.37. The molecule has 0 bridgehead atoms. The van der Waals surface area contributed by atoms with E-state index in [2.05, 4.69) is 10.3 Å². The zero-order valence-corrected chi connectivity index (χ0v) is 14.9. The molecule has 0 saturated carbocycles. The standard InChI is InChI=1S/C14H27N5O4S/c1-2-16-14(17-5-11-24(15,21)22)19-8-6-18(7-9-19)13(20)12-4-3-10-23-12/h12H,2-11H2,1H3,(H,16,17)(H2,15,21,22). The van der Waals surface area contributed by atoms with Gasteiger partial charge in [-0.1, -0.05) is 0 Å². The second-order valence-corrected chi connectivity index (χ2v) is 7.65. The minimum absolute atomic E-state index is 0.0725. The molecule has 3 N–H and O–H groups in total. The molecule has 1 amide bonds. The number of nitrogens with zero attached hydrogens (tertiary/aromatic N) is 3. The van der Waals surface area contributed by atoms with E-state index in [4.69, 9.17) is 9.88 Å². The van der Waals surface area contributed by atoms with Crippen molar-refractivity contribution in [2.75, 3.05) is 51.6 Å². The summed E-state index contributed by atoms with van der Waals surface area (Å²) < 4.78 is 27.5. The number of hydrogen-bond acceptors (Lipinski definition) is 5. The summed E-state index contributed by atoms with van der Waals surface area (Å²) in [6, 6.07) is 0. The Hall–Kier alpha value is -1.39. The van der Waals surface area contributed by atoms with Crippen molar-refractivity contribution >= 4 is 21.9 Å². The molecule has 24 heavy (non-hydrogen) atoms. The van der Waals surface area contributed by atoms with Gasteiger partial charge in [0.25, 0.3) is 5.91 Å². The molecule has 138 valence electrons. The van der Waals surface area contributed by atoms with Crippen molar-refractivity contribution < 1.29 is 17.9 Å². The van der Waals surface area contributed by atoms with Crippen LogP contribution < -0.4 is 10.5 Å².